The monoisotopic (exact) mass is 320 g/mol. The summed E-state index contributed by atoms with van der Waals surface area (Å²) in [6.45, 7) is 4.70. The van der Waals surface area contributed by atoms with E-state index in [0.29, 0.717) is 13.2 Å². The van der Waals surface area contributed by atoms with Crippen LogP contribution < -0.4 is 10.0 Å². The first-order valence-electron chi connectivity index (χ1n) is 6.78. The SMILES string of the molecule is CCNCCn1cc(S(=O)(=O)NCC(COC)OC)cn1. The van der Waals surface area contributed by atoms with Crippen LogP contribution >= 0.6 is 0 Å². The lowest BCUT2D eigenvalue weighted by Gasteiger charge is -2.14. The van der Waals surface area contributed by atoms with E-state index in [0.717, 1.165) is 13.1 Å². The molecule has 0 bridgehead atoms. The maximum atomic E-state index is 12.1. The number of nitrogens with zero attached hydrogens (tertiary/aromatic N) is 2. The Hall–Kier alpha value is -1.00. The van der Waals surface area contributed by atoms with E-state index >= 15 is 0 Å². The van der Waals surface area contributed by atoms with Gasteiger partial charge in [0.05, 0.1) is 25.5 Å². The number of ether oxygens (including phenoxy) is 2. The summed E-state index contributed by atoms with van der Waals surface area (Å²) in [7, 11) is -0.536. The van der Waals surface area contributed by atoms with E-state index in [-0.39, 0.29) is 17.5 Å². The van der Waals surface area contributed by atoms with E-state index < -0.39 is 10.0 Å². The largest absolute Gasteiger partial charge is 0.382 e. The van der Waals surface area contributed by atoms with Gasteiger partial charge in [-0.25, -0.2) is 13.1 Å². The van der Waals surface area contributed by atoms with Crippen LogP contribution in [0.4, 0.5) is 0 Å². The smallest absolute Gasteiger partial charge is 0.243 e. The minimum absolute atomic E-state index is 0.145. The van der Waals surface area contributed by atoms with E-state index in [1.807, 2.05) is 6.92 Å². The molecule has 0 spiro atoms. The Kier molecular flexibility index (Phi) is 7.83. The Bertz CT molecular complexity index is 503. The molecule has 1 rings (SSSR count). The van der Waals surface area contributed by atoms with Gasteiger partial charge in [-0.05, 0) is 6.54 Å². The minimum atomic E-state index is -3.58. The lowest BCUT2D eigenvalue weighted by atomic mass is 10.4. The zero-order chi connectivity index (χ0) is 15.7. The second-order valence-corrected chi connectivity index (χ2v) is 6.22. The van der Waals surface area contributed by atoms with E-state index in [1.165, 1.54) is 26.6 Å². The summed E-state index contributed by atoms with van der Waals surface area (Å²) in [4.78, 5) is 0.145. The number of hydrogen-bond acceptors (Lipinski definition) is 6. The molecule has 0 aliphatic rings. The van der Waals surface area contributed by atoms with Crippen molar-refractivity contribution in [3.63, 3.8) is 0 Å². The van der Waals surface area contributed by atoms with Gasteiger partial charge in [0.1, 0.15) is 4.90 Å². The molecule has 1 atom stereocenters. The molecule has 0 aromatic carbocycles. The fourth-order valence-electron chi connectivity index (χ4n) is 1.66. The fraction of sp³-hybridized carbons (Fsp3) is 0.750. The third-order valence-electron chi connectivity index (χ3n) is 2.87. The third kappa shape index (κ3) is 6.10. The van der Waals surface area contributed by atoms with Crippen molar-refractivity contribution < 1.29 is 17.9 Å². The number of aromatic nitrogens is 2. The van der Waals surface area contributed by atoms with E-state index in [2.05, 4.69) is 15.1 Å². The molecule has 2 N–H and O–H groups in total. The molecule has 0 amide bonds. The summed E-state index contributed by atoms with van der Waals surface area (Å²) >= 11 is 0. The van der Waals surface area contributed by atoms with Crippen LogP contribution in [0.15, 0.2) is 17.3 Å². The van der Waals surface area contributed by atoms with Crippen LogP contribution in [0.2, 0.25) is 0 Å². The minimum Gasteiger partial charge on any atom is -0.382 e. The van der Waals surface area contributed by atoms with E-state index in [1.54, 1.807) is 4.68 Å². The number of sulfonamides is 1. The lowest BCUT2D eigenvalue weighted by molar-refractivity contribution is 0.0320. The van der Waals surface area contributed by atoms with Gasteiger partial charge in [0.15, 0.2) is 0 Å². The summed E-state index contributed by atoms with van der Waals surface area (Å²) < 4.78 is 38.4. The predicted molar refractivity (Wildman–Crippen MR) is 78.6 cm³/mol. The van der Waals surface area contributed by atoms with Crippen LogP contribution in [0, 0.1) is 0 Å². The maximum absolute atomic E-state index is 12.1. The van der Waals surface area contributed by atoms with Gasteiger partial charge in [-0.3, -0.25) is 4.68 Å². The molecule has 1 unspecified atom stereocenters. The molecular weight excluding hydrogens is 296 g/mol. The molecule has 0 aliphatic heterocycles. The molecule has 21 heavy (non-hydrogen) atoms. The van der Waals surface area contributed by atoms with Crippen molar-refractivity contribution in [2.75, 3.05) is 40.5 Å². The van der Waals surface area contributed by atoms with Gasteiger partial charge in [0, 0.05) is 33.5 Å². The zero-order valence-corrected chi connectivity index (χ0v) is 13.5. The summed E-state index contributed by atoms with van der Waals surface area (Å²) in [5.41, 5.74) is 0. The molecule has 122 valence electrons. The van der Waals surface area contributed by atoms with Crippen molar-refractivity contribution in [1.29, 1.82) is 0 Å². The Balaban J connectivity index is 2.57. The number of methoxy groups -OCH3 is 2. The van der Waals surface area contributed by atoms with Crippen molar-refractivity contribution in [1.82, 2.24) is 19.8 Å². The topological polar surface area (TPSA) is 94.5 Å². The van der Waals surface area contributed by atoms with Gasteiger partial charge in [0.2, 0.25) is 10.0 Å². The number of hydrogen-bond donors (Lipinski definition) is 2. The summed E-state index contributed by atoms with van der Waals surface area (Å²) in [6.07, 6.45) is 2.53. The van der Waals surface area contributed by atoms with Gasteiger partial charge in [-0.2, -0.15) is 5.10 Å². The summed E-state index contributed by atoms with van der Waals surface area (Å²) in [5.74, 6) is 0. The second-order valence-electron chi connectivity index (χ2n) is 4.46. The van der Waals surface area contributed by atoms with Crippen molar-refractivity contribution in [2.45, 2.75) is 24.5 Å². The number of rotatable bonds is 11. The van der Waals surface area contributed by atoms with Crippen LogP contribution in [0.5, 0.6) is 0 Å². The first-order chi connectivity index (χ1) is 10.0. The van der Waals surface area contributed by atoms with Gasteiger partial charge in [0.25, 0.3) is 0 Å². The Morgan fingerprint density at radius 3 is 2.81 bits per heavy atom. The van der Waals surface area contributed by atoms with Crippen LogP contribution in [-0.2, 0) is 26.0 Å². The summed E-state index contributed by atoms with van der Waals surface area (Å²) in [6, 6.07) is 0. The molecule has 9 heteroatoms. The number of nitrogens with one attached hydrogen (secondary N) is 2. The molecule has 0 fully saturated rings. The second kappa shape index (κ2) is 9.11. The average Bonchev–Trinajstić information content (AvgIpc) is 2.93. The van der Waals surface area contributed by atoms with Gasteiger partial charge in [-0.15, -0.1) is 0 Å². The molecule has 0 radical (unpaired) electrons. The molecule has 1 aromatic heterocycles. The van der Waals surface area contributed by atoms with E-state index in [9.17, 15) is 8.42 Å². The normalized spacial score (nSPS) is 13.5. The maximum Gasteiger partial charge on any atom is 0.243 e. The van der Waals surface area contributed by atoms with Crippen molar-refractivity contribution in [2.24, 2.45) is 0 Å². The van der Waals surface area contributed by atoms with Crippen molar-refractivity contribution in [3.8, 4) is 0 Å². The molecule has 1 heterocycles. The van der Waals surface area contributed by atoms with Gasteiger partial charge < -0.3 is 14.8 Å². The van der Waals surface area contributed by atoms with E-state index in [4.69, 9.17) is 9.47 Å². The first-order valence-corrected chi connectivity index (χ1v) is 8.26. The van der Waals surface area contributed by atoms with Crippen LogP contribution in [0.25, 0.3) is 0 Å². The zero-order valence-electron chi connectivity index (χ0n) is 12.7. The first kappa shape index (κ1) is 18.1. The van der Waals surface area contributed by atoms with Crippen LogP contribution in [0.1, 0.15) is 6.92 Å². The standard InChI is InChI=1S/C12H24N4O4S/c1-4-13-5-6-16-9-12(8-14-16)21(17,18)15-7-11(20-3)10-19-2/h8-9,11,13,15H,4-7,10H2,1-3H3. The van der Waals surface area contributed by atoms with Crippen molar-refractivity contribution >= 4 is 10.0 Å². The molecule has 0 saturated heterocycles. The Morgan fingerprint density at radius 1 is 1.43 bits per heavy atom. The van der Waals surface area contributed by atoms with Gasteiger partial charge in [-0.1, -0.05) is 6.92 Å². The highest BCUT2D eigenvalue weighted by Gasteiger charge is 2.18. The molecule has 8 nitrogen and oxygen atoms in total. The van der Waals surface area contributed by atoms with Gasteiger partial charge >= 0.3 is 0 Å². The highest BCUT2D eigenvalue weighted by Crippen LogP contribution is 2.07. The highest BCUT2D eigenvalue weighted by molar-refractivity contribution is 7.89. The van der Waals surface area contributed by atoms with Crippen molar-refractivity contribution in [3.05, 3.63) is 12.4 Å². The Labute approximate surface area is 125 Å². The Morgan fingerprint density at radius 2 is 2.19 bits per heavy atom. The molecular formula is C12H24N4O4S. The van der Waals surface area contributed by atoms with Crippen LogP contribution in [-0.4, -0.2) is 64.8 Å². The predicted octanol–water partition coefficient (Wildman–Crippen LogP) is -0.568. The molecule has 1 aromatic rings. The summed E-state index contributed by atoms with van der Waals surface area (Å²) in [5, 5.41) is 7.19. The average molecular weight is 320 g/mol. The molecule has 0 aliphatic carbocycles. The quantitative estimate of drug-likeness (QED) is 0.530. The lowest BCUT2D eigenvalue weighted by Crippen LogP contribution is -2.35. The third-order valence-corrected chi connectivity index (χ3v) is 4.25. The molecule has 0 saturated carbocycles. The number of likely N-dealkylation sites (N-methyl/N-ethyl adjacent to an activating group) is 1. The highest BCUT2D eigenvalue weighted by atomic mass is 32.2. The van der Waals surface area contributed by atoms with Crippen LogP contribution in [0.3, 0.4) is 0 Å². The fourth-order valence-corrected chi connectivity index (χ4v) is 2.68.